The topological polar surface area (TPSA) is 113 Å². The Bertz CT molecular complexity index is 1150. The van der Waals surface area contributed by atoms with Gasteiger partial charge in [0.05, 0.1) is 12.7 Å². The Kier molecular flexibility index (Phi) is 7.37. The highest BCUT2D eigenvalue weighted by Gasteiger charge is 2.41. The highest BCUT2D eigenvalue weighted by atomic mass is 32.2. The Balaban J connectivity index is 1.81. The summed E-state index contributed by atoms with van der Waals surface area (Å²) in [5.74, 6) is -0.748. The summed E-state index contributed by atoms with van der Waals surface area (Å²) in [5.41, 5.74) is 0.876. The number of rotatable bonds is 9. The molecule has 3 amide bonds. The molecule has 0 aliphatic carbocycles. The van der Waals surface area contributed by atoms with Crippen molar-refractivity contribution in [2.45, 2.75) is 37.2 Å². The number of amides is 3. The molecule has 0 bridgehead atoms. The molecule has 1 aliphatic rings. The van der Waals surface area contributed by atoms with Crippen LogP contribution < -0.4 is 10.1 Å². The number of carbonyl (C=O) groups excluding carboxylic acids is 3. The number of sulfonamides is 1. The van der Waals surface area contributed by atoms with Crippen molar-refractivity contribution in [3.05, 3.63) is 59.7 Å². The zero-order valence-electron chi connectivity index (χ0n) is 18.8. The molecule has 2 aromatic rings. The SMILES string of the molecule is CC[C@@H](C(=O)NC)N(Cc1ccc(OC)cc1)C(=O)CCN1C(=O)c2ccccc2S1(=O)=O. The van der Waals surface area contributed by atoms with Gasteiger partial charge in [-0.05, 0) is 36.2 Å². The highest BCUT2D eigenvalue weighted by molar-refractivity contribution is 7.90. The van der Waals surface area contributed by atoms with Crippen LogP contribution in [0.1, 0.15) is 35.7 Å². The number of likely N-dealkylation sites (N-methyl/N-ethyl adjacent to an activating group) is 1. The molecule has 3 rings (SSSR count). The van der Waals surface area contributed by atoms with Gasteiger partial charge in [-0.15, -0.1) is 0 Å². The lowest BCUT2D eigenvalue weighted by molar-refractivity contribution is -0.141. The van der Waals surface area contributed by atoms with Crippen molar-refractivity contribution in [1.82, 2.24) is 14.5 Å². The van der Waals surface area contributed by atoms with Crippen molar-refractivity contribution in [1.29, 1.82) is 0 Å². The third kappa shape index (κ3) is 4.85. The van der Waals surface area contributed by atoms with E-state index >= 15 is 0 Å². The van der Waals surface area contributed by atoms with E-state index in [9.17, 15) is 22.8 Å². The molecular formula is C23H27N3O6S. The largest absolute Gasteiger partial charge is 0.497 e. The maximum absolute atomic E-state index is 13.2. The molecule has 1 N–H and O–H groups in total. The molecule has 10 heteroatoms. The van der Waals surface area contributed by atoms with Crippen molar-refractivity contribution in [2.75, 3.05) is 20.7 Å². The molecule has 0 spiro atoms. The van der Waals surface area contributed by atoms with E-state index in [2.05, 4.69) is 5.32 Å². The van der Waals surface area contributed by atoms with E-state index in [-0.39, 0.29) is 35.9 Å². The van der Waals surface area contributed by atoms with Crippen LogP contribution in [0.25, 0.3) is 0 Å². The quantitative estimate of drug-likeness (QED) is 0.594. The van der Waals surface area contributed by atoms with Gasteiger partial charge in [-0.25, -0.2) is 12.7 Å². The van der Waals surface area contributed by atoms with Crippen LogP contribution in [0.5, 0.6) is 5.75 Å². The third-order valence-electron chi connectivity index (χ3n) is 5.59. The Morgan fingerprint density at radius 1 is 1.12 bits per heavy atom. The van der Waals surface area contributed by atoms with Gasteiger partial charge >= 0.3 is 0 Å². The molecule has 0 radical (unpaired) electrons. The molecule has 0 unspecified atom stereocenters. The second kappa shape index (κ2) is 10.0. The summed E-state index contributed by atoms with van der Waals surface area (Å²) in [5, 5.41) is 2.57. The minimum atomic E-state index is -4.01. The summed E-state index contributed by atoms with van der Waals surface area (Å²) in [4.78, 5) is 39.7. The number of benzene rings is 2. The molecule has 1 aliphatic heterocycles. The van der Waals surface area contributed by atoms with Crippen LogP contribution in [0.15, 0.2) is 53.4 Å². The molecule has 176 valence electrons. The van der Waals surface area contributed by atoms with Crippen molar-refractivity contribution in [3.8, 4) is 5.75 Å². The van der Waals surface area contributed by atoms with Crippen molar-refractivity contribution < 1.29 is 27.5 Å². The molecule has 0 saturated heterocycles. The number of ether oxygens (including phenoxy) is 1. The van der Waals surface area contributed by atoms with Gasteiger partial charge in [-0.1, -0.05) is 31.2 Å². The molecule has 33 heavy (non-hydrogen) atoms. The predicted molar refractivity (Wildman–Crippen MR) is 121 cm³/mol. The molecule has 0 fully saturated rings. The van der Waals surface area contributed by atoms with Gasteiger partial charge < -0.3 is 15.0 Å². The fourth-order valence-electron chi connectivity index (χ4n) is 3.81. The van der Waals surface area contributed by atoms with Crippen LogP contribution in [0.2, 0.25) is 0 Å². The van der Waals surface area contributed by atoms with Crippen molar-refractivity contribution >= 4 is 27.7 Å². The van der Waals surface area contributed by atoms with Crippen LogP contribution in [-0.4, -0.2) is 62.1 Å². The van der Waals surface area contributed by atoms with E-state index in [1.165, 1.54) is 24.1 Å². The Labute approximate surface area is 193 Å². The summed E-state index contributed by atoms with van der Waals surface area (Å²) >= 11 is 0. The first-order valence-corrected chi connectivity index (χ1v) is 12.0. The first-order chi connectivity index (χ1) is 15.7. The zero-order valence-corrected chi connectivity index (χ0v) is 19.6. The predicted octanol–water partition coefficient (Wildman–Crippen LogP) is 1.78. The van der Waals surface area contributed by atoms with Gasteiger partial charge in [0.15, 0.2) is 0 Å². The number of hydrogen-bond acceptors (Lipinski definition) is 6. The maximum atomic E-state index is 13.2. The Morgan fingerprint density at radius 2 is 1.79 bits per heavy atom. The smallest absolute Gasteiger partial charge is 0.269 e. The maximum Gasteiger partial charge on any atom is 0.269 e. The summed E-state index contributed by atoms with van der Waals surface area (Å²) in [6.07, 6.45) is 0.122. The third-order valence-corrected chi connectivity index (χ3v) is 7.43. The van der Waals surface area contributed by atoms with Crippen molar-refractivity contribution in [3.63, 3.8) is 0 Å². The number of fused-ring (bicyclic) bond motifs is 1. The highest BCUT2D eigenvalue weighted by Crippen LogP contribution is 2.30. The van der Waals surface area contributed by atoms with Gasteiger partial charge in [-0.3, -0.25) is 14.4 Å². The van der Waals surface area contributed by atoms with E-state index in [1.54, 1.807) is 50.4 Å². The van der Waals surface area contributed by atoms with E-state index in [0.717, 1.165) is 9.87 Å². The summed E-state index contributed by atoms with van der Waals surface area (Å²) in [6.45, 7) is 1.63. The number of hydrogen-bond donors (Lipinski definition) is 1. The summed E-state index contributed by atoms with van der Waals surface area (Å²) < 4.78 is 31.4. The van der Waals surface area contributed by atoms with Gasteiger partial charge in [0, 0.05) is 26.6 Å². The number of nitrogens with one attached hydrogen (secondary N) is 1. The Morgan fingerprint density at radius 3 is 2.36 bits per heavy atom. The lowest BCUT2D eigenvalue weighted by atomic mass is 10.1. The average Bonchev–Trinajstić information content (AvgIpc) is 3.02. The first kappa shape index (κ1) is 24.2. The van der Waals surface area contributed by atoms with E-state index < -0.39 is 27.9 Å². The monoisotopic (exact) mass is 473 g/mol. The minimum Gasteiger partial charge on any atom is -0.497 e. The second-order valence-electron chi connectivity index (χ2n) is 7.54. The number of methoxy groups -OCH3 is 1. The lowest BCUT2D eigenvalue weighted by Gasteiger charge is -2.30. The standard InChI is InChI=1S/C23H27N3O6S/c1-4-19(22(28)24-2)25(15-16-9-11-17(32-3)12-10-16)21(27)13-14-26-23(29)18-7-5-6-8-20(18)33(26,30)31/h5-12,19H,4,13-15H2,1-3H3,(H,24,28)/t19-/m0/s1. The van der Waals surface area contributed by atoms with E-state index in [4.69, 9.17) is 4.74 Å². The van der Waals surface area contributed by atoms with Gasteiger partial charge in [-0.2, -0.15) is 0 Å². The van der Waals surface area contributed by atoms with Crippen LogP contribution >= 0.6 is 0 Å². The fourth-order valence-corrected chi connectivity index (χ4v) is 5.38. The van der Waals surface area contributed by atoms with Gasteiger partial charge in [0.2, 0.25) is 11.8 Å². The fraction of sp³-hybridized carbons (Fsp3) is 0.348. The van der Waals surface area contributed by atoms with Crippen LogP contribution in [0.4, 0.5) is 0 Å². The van der Waals surface area contributed by atoms with E-state index in [1.807, 2.05) is 0 Å². The van der Waals surface area contributed by atoms with E-state index in [0.29, 0.717) is 12.2 Å². The van der Waals surface area contributed by atoms with Gasteiger partial charge in [0.1, 0.15) is 16.7 Å². The first-order valence-electron chi connectivity index (χ1n) is 10.5. The summed E-state index contributed by atoms with van der Waals surface area (Å²) in [6, 6.07) is 12.3. The average molecular weight is 474 g/mol. The summed E-state index contributed by atoms with van der Waals surface area (Å²) in [7, 11) is -0.966. The molecule has 0 saturated carbocycles. The number of nitrogens with zero attached hydrogens (tertiary/aromatic N) is 2. The molecule has 0 aromatic heterocycles. The molecule has 2 aromatic carbocycles. The lowest BCUT2D eigenvalue weighted by Crippen LogP contribution is -2.49. The van der Waals surface area contributed by atoms with Crippen molar-refractivity contribution in [2.24, 2.45) is 0 Å². The minimum absolute atomic E-state index is 0.0608. The normalized spacial score (nSPS) is 15.0. The molecular weight excluding hydrogens is 446 g/mol. The Hall–Kier alpha value is -3.40. The van der Waals surface area contributed by atoms with Crippen LogP contribution in [-0.2, 0) is 26.2 Å². The van der Waals surface area contributed by atoms with Crippen LogP contribution in [0.3, 0.4) is 0 Å². The molecule has 1 atom stereocenters. The number of carbonyl (C=O) groups is 3. The zero-order chi connectivity index (χ0) is 24.2. The molecule has 1 heterocycles. The second-order valence-corrected chi connectivity index (χ2v) is 9.37. The molecule has 9 nitrogen and oxygen atoms in total. The van der Waals surface area contributed by atoms with Crippen LogP contribution in [0, 0.1) is 0 Å². The van der Waals surface area contributed by atoms with Gasteiger partial charge in [0.25, 0.3) is 15.9 Å².